The number of hydrogen-bond acceptors (Lipinski definition) is 2. The van der Waals surface area contributed by atoms with Gasteiger partial charge < -0.3 is 9.84 Å². The van der Waals surface area contributed by atoms with Crippen LogP contribution in [-0.4, -0.2) is 24.0 Å². The molecule has 0 heterocycles. The molecule has 4 heteroatoms. The molecule has 0 amide bonds. The molecule has 0 aliphatic carbocycles. The summed E-state index contributed by atoms with van der Waals surface area (Å²) in [5, 5.41) is 18.3. The zero-order chi connectivity index (χ0) is 7.28. The van der Waals surface area contributed by atoms with E-state index in [0.717, 1.165) is 0 Å². The van der Waals surface area contributed by atoms with E-state index < -0.39 is 18.9 Å². The van der Waals surface area contributed by atoms with Gasteiger partial charge in [-0.05, 0) is 6.42 Å². The highest BCUT2D eigenvalue weighted by atomic mass is 16.6. The molecule has 53 valence electrons. The summed E-state index contributed by atoms with van der Waals surface area (Å²) in [6, 6.07) is 0. The van der Waals surface area contributed by atoms with E-state index in [2.05, 4.69) is 4.74 Å². The van der Waals surface area contributed by atoms with Gasteiger partial charge in [-0.25, -0.2) is 9.90 Å². The molecule has 0 aromatic rings. The number of carboxylic acid groups (broad SMARTS) is 1. The summed E-state index contributed by atoms with van der Waals surface area (Å²) in [5.41, 5.74) is 0. The predicted molar refractivity (Wildman–Crippen MR) is 28.4 cm³/mol. The van der Waals surface area contributed by atoms with Crippen molar-refractivity contribution in [1.29, 1.82) is 0 Å². The number of hydrogen-bond donors (Lipinski definition) is 1. The largest absolute Gasteiger partial charge is 0.480 e. The second-order valence-electron chi connectivity index (χ2n) is 1.54. The molecule has 0 aliphatic heterocycles. The molecule has 0 aromatic carbocycles. The molecule has 0 aromatic heterocycles. The van der Waals surface area contributed by atoms with Gasteiger partial charge in [0.25, 0.3) is 0 Å². The normalized spacial score (nSPS) is 13.1. The van der Waals surface area contributed by atoms with Crippen molar-refractivity contribution in [2.75, 3.05) is 6.61 Å². The van der Waals surface area contributed by atoms with Crippen LogP contribution in [0.4, 0.5) is 0 Å². The highest BCUT2D eigenvalue weighted by molar-refractivity contribution is 5.67. The summed E-state index contributed by atoms with van der Waals surface area (Å²) < 4.78 is 4.30. The first-order valence-electron chi connectivity index (χ1n) is 2.66. The Morgan fingerprint density at radius 3 is 2.67 bits per heavy atom. The van der Waals surface area contributed by atoms with Gasteiger partial charge in [-0.2, -0.15) is 0 Å². The first-order chi connectivity index (χ1) is 4.16. The molecule has 1 radical (unpaired) electrons. The minimum Gasteiger partial charge on any atom is -0.480 e. The number of rotatable bonds is 4. The van der Waals surface area contributed by atoms with Crippen LogP contribution in [-0.2, 0) is 14.6 Å². The molecule has 4 nitrogen and oxygen atoms in total. The van der Waals surface area contributed by atoms with Crippen molar-refractivity contribution < 1.29 is 19.7 Å². The maximum Gasteiger partial charge on any atom is 0.329 e. The van der Waals surface area contributed by atoms with E-state index in [1.165, 1.54) is 0 Å². The maximum atomic E-state index is 10.3. The summed E-state index contributed by atoms with van der Waals surface area (Å²) >= 11 is 0. The third kappa shape index (κ3) is 5.26. The first kappa shape index (κ1) is 8.39. The molecule has 0 fully saturated rings. The molecular formula is C5H9O4. The van der Waals surface area contributed by atoms with Crippen LogP contribution in [0.15, 0.2) is 0 Å². The molecular weight excluding hydrogens is 124 g/mol. The molecule has 1 N–H and O–H groups in total. The lowest BCUT2D eigenvalue weighted by Gasteiger charge is -2.02. The van der Waals surface area contributed by atoms with E-state index in [9.17, 15) is 9.90 Å². The lowest BCUT2D eigenvalue weighted by atomic mass is 10.5. The van der Waals surface area contributed by atoms with E-state index >= 15 is 0 Å². The summed E-state index contributed by atoms with van der Waals surface area (Å²) in [6.45, 7) is 1.14. The predicted octanol–water partition coefficient (Wildman–Crippen LogP) is 0.254. The van der Waals surface area contributed by atoms with Crippen molar-refractivity contribution in [2.45, 2.75) is 19.6 Å². The van der Waals surface area contributed by atoms with Gasteiger partial charge in [0.15, 0.2) is 6.29 Å². The standard InChI is InChI=1S/C5H9O4/c1-2-5(8)9-3-4(6)7/h5H,2-3H2,1H3,(H,6,7). The molecule has 0 rings (SSSR count). The van der Waals surface area contributed by atoms with Crippen LogP contribution in [0.25, 0.3) is 0 Å². The fourth-order valence-corrected chi connectivity index (χ4v) is 0.282. The van der Waals surface area contributed by atoms with E-state index in [1.807, 2.05) is 0 Å². The Morgan fingerprint density at radius 2 is 2.33 bits per heavy atom. The molecule has 0 bridgehead atoms. The quantitative estimate of drug-likeness (QED) is 0.559. The third-order valence-electron chi connectivity index (χ3n) is 0.726. The van der Waals surface area contributed by atoms with Gasteiger partial charge in [0.05, 0.1) is 0 Å². The topological polar surface area (TPSA) is 66.4 Å². The fourth-order valence-electron chi connectivity index (χ4n) is 0.282. The molecule has 0 spiro atoms. The highest BCUT2D eigenvalue weighted by Gasteiger charge is 2.04. The Labute approximate surface area is 53.1 Å². The van der Waals surface area contributed by atoms with Crippen LogP contribution >= 0.6 is 0 Å². The second-order valence-corrected chi connectivity index (χ2v) is 1.54. The average Bonchev–Trinajstić information content (AvgIpc) is 1.83. The van der Waals surface area contributed by atoms with Crippen LogP contribution < -0.4 is 0 Å². The van der Waals surface area contributed by atoms with Crippen molar-refractivity contribution in [3.05, 3.63) is 0 Å². The maximum absolute atomic E-state index is 10.3. The number of ether oxygens (including phenoxy) is 1. The summed E-state index contributed by atoms with van der Waals surface area (Å²) in [5.74, 6) is -1.11. The van der Waals surface area contributed by atoms with Gasteiger partial charge in [0.2, 0.25) is 0 Å². The first-order valence-corrected chi connectivity index (χ1v) is 2.66. The average molecular weight is 133 g/mol. The van der Waals surface area contributed by atoms with Gasteiger partial charge in [-0.3, -0.25) is 0 Å². The van der Waals surface area contributed by atoms with Crippen LogP contribution in [0, 0.1) is 0 Å². The van der Waals surface area contributed by atoms with Gasteiger partial charge >= 0.3 is 5.97 Å². The van der Waals surface area contributed by atoms with Crippen LogP contribution in [0.1, 0.15) is 13.3 Å². The monoisotopic (exact) mass is 133 g/mol. The Morgan fingerprint density at radius 1 is 1.78 bits per heavy atom. The van der Waals surface area contributed by atoms with Crippen molar-refractivity contribution in [3.63, 3.8) is 0 Å². The number of carboxylic acids is 1. The van der Waals surface area contributed by atoms with E-state index in [0.29, 0.717) is 6.42 Å². The van der Waals surface area contributed by atoms with Gasteiger partial charge in [0.1, 0.15) is 6.61 Å². The highest BCUT2D eigenvalue weighted by Crippen LogP contribution is 1.91. The van der Waals surface area contributed by atoms with Crippen molar-refractivity contribution in [2.24, 2.45) is 0 Å². The molecule has 9 heavy (non-hydrogen) atoms. The zero-order valence-electron chi connectivity index (χ0n) is 5.16. The summed E-state index contributed by atoms with van der Waals surface area (Å²) in [7, 11) is 0. The molecule has 1 atom stereocenters. The van der Waals surface area contributed by atoms with Crippen molar-refractivity contribution in [3.8, 4) is 0 Å². The third-order valence-corrected chi connectivity index (χ3v) is 0.726. The summed E-state index contributed by atoms with van der Waals surface area (Å²) in [6.07, 6.45) is -0.895. The van der Waals surface area contributed by atoms with Crippen LogP contribution in [0.3, 0.4) is 0 Å². The van der Waals surface area contributed by atoms with Crippen molar-refractivity contribution in [1.82, 2.24) is 0 Å². The lowest BCUT2D eigenvalue weighted by molar-refractivity contribution is -0.168. The second kappa shape index (κ2) is 4.29. The molecule has 0 saturated heterocycles. The minimum atomic E-state index is -1.19. The van der Waals surface area contributed by atoms with E-state index in [-0.39, 0.29) is 0 Å². The van der Waals surface area contributed by atoms with E-state index in [1.54, 1.807) is 6.92 Å². The van der Waals surface area contributed by atoms with Crippen LogP contribution in [0.2, 0.25) is 0 Å². The SMILES string of the molecule is CCC([O])OCC(=O)O. The van der Waals surface area contributed by atoms with E-state index in [4.69, 9.17) is 5.11 Å². The fraction of sp³-hybridized carbons (Fsp3) is 0.800. The zero-order valence-corrected chi connectivity index (χ0v) is 5.16. The Balaban J connectivity index is 3.16. The van der Waals surface area contributed by atoms with Gasteiger partial charge in [0, 0.05) is 0 Å². The Bertz CT molecular complexity index is 91.0. The summed E-state index contributed by atoms with van der Waals surface area (Å²) in [4.78, 5) is 9.76. The Hall–Kier alpha value is -0.610. The lowest BCUT2D eigenvalue weighted by Crippen LogP contribution is -2.15. The van der Waals surface area contributed by atoms with Crippen molar-refractivity contribution >= 4 is 5.97 Å². The number of aliphatic carboxylic acids is 1. The minimum absolute atomic E-state index is 0.299. The smallest absolute Gasteiger partial charge is 0.329 e. The number of carbonyl (C=O) groups is 1. The van der Waals surface area contributed by atoms with Gasteiger partial charge in [-0.1, -0.05) is 6.92 Å². The van der Waals surface area contributed by atoms with Gasteiger partial charge in [-0.15, -0.1) is 0 Å². The molecule has 0 aliphatic rings. The molecule has 0 saturated carbocycles. The van der Waals surface area contributed by atoms with Crippen LogP contribution in [0.5, 0.6) is 0 Å². The Kier molecular flexibility index (Phi) is 4.00. The molecule has 1 unspecified atom stereocenters.